The van der Waals surface area contributed by atoms with Crippen molar-refractivity contribution in [1.29, 1.82) is 5.26 Å². The van der Waals surface area contributed by atoms with Gasteiger partial charge in [0, 0.05) is 5.92 Å². The smallest absolute Gasteiger partial charge is 0.331 e. The fraction of sp³-hybridized carbons (Fsp3) is 0.923. The second-order valence-corrected chi connectivity index (χ2v) is 10.3. The van der Waals surface area contributed by atoms with Gasteiger partial charge in [-0.15, -0.1) is 0 Å². The molecule has 3 fully saturated rings. The number of hydrogen-bond donors (Lipinski definition) is 0. The number of esters is 1. The molecule has 1 aliphatic heterocycles. The summed E-state index contributed by atoms with van der Waals surface area (Å²) in [5.41, 5.74) is -1.31. The van der Waals surface area contributed by atoms with Gasteiger partial charge in [-0.1, -0.05) is 52.4 Å². The van der Waals surface area contributed by atoms with Gasteiger partial charge in [0.15, 0.2) is 6.29 Å². The summed E-state index contributed by atoms with van der Waals surface area (Å²) in [6.45, 7) is 4.66. The van der Waals surface area contributed by atoms with Gasteiger partial charge in [-0.05, 0) is 63.2 Å². The van der Waals surface area contributed by atoms with Crippen LogP contribution in [0.25, 0.3) is 0 Å². The minimum atomic E-state index is -1.31. The summed E-state index contributed by atoms with van der Waals surface area (Å²) in [7, 11) is 0. The molecule has 3 rings (SSSR count). The summed E-state index contributed by atoms with van der Waals surface area (Å²) >= 11 is 0. The number of unbranched alkanes of at least 4 members (excludes halogenated alkanes) is 2. The van der Waals surface area contributed by atoms with E-state index < -0.39 is 11.4 Å². The van der Waals surface area contributed by atoms with Gasteiger partial charge in [0.05, 0.1) is 19.3 Å². The second-order valence-electron chi connectivity index (χ2n) is 10.3. The van der Waals surface area contributed by atoms with Crippen molar-refractivity contribution in [3.63, 3.8) is 0 Å². The lowest BCUT2D eigenvalue weighted by Crippen LogP contribution is -2.50. The summed E-state index contributed by atoms with van der Waals surface area (Å²) in [4.78, 5) is 12.9. The molecule has 0 aromatic heterocycles. The quantitative estimate of drug-likeness (QED) is 0.407. The third-order valence-electron chi connectivity index (χ3n) is 7.87. The maximum absolute atomic E-state index is 12.9. The molecule has 0 spiro atoms. The molecule has 1 saturated heterocycles. The van der Waals surface area contributed by atoms with Gasteiger partial charge in [0.1, 0.15) is 6.10 Å². The zero-order valence-corrected chi connectivity index (χ0v) is 19.8. The fourth-order valence-electron chi connectivity index (χ4n) is 5.58. The zero-order chi connectivity index (χ0) is 22.1. The van der Waals surface area contributed by atoms with Crippen LogP contribution in [0.3, 0.4) is 0 Å². The summed E-state index contributed by atoms with van der Waals surface area (Å²) in [6.07, 6.45) is 16.1. The van der Waals surface area contributed by atoms with Gasteiger partial charge in [0.2, 0.25) is 5.41 Å². The van der Waals surface area contributed by atoms with E-state index in [4.69, 9.17) is 14.2 Å². The first-order valence-corrected chi connectivity index (χ1v) is 13.0. The van der Waals surface area contributed by atoms with Gasteiger partial charge in [-0.3, -0.25) is 4.79 Å². The number of carbonyl (C=O) groups excluding carboxylic acids is 1. The molecule has 0 bridgehead atoms. The first-order valence-electron chi connectivity index (χ1n) is 13.0. The van der Waals surface area contributed by atoms with E-state index in [2.05, 4.69) is 19.9 Å². The molecule has 1 heterocycles. The molecule has 0 aromatic carbocycles. The van der Waals surface area contributed by atoms with E-state index in [1.807, 2.05) is 0 Å². The van der Waals surface area contributed by atoms with E-state index in [0.717, 1.165) is 50.4 Å². The van der Waals surface area contributed by atoms with Crippen LogP contribution in [0.4, 0.5) is 0 Å². The lowest BCUT2D eigenvalue weighted by atomic mass is 9.79. The van der Waals surface area contributed by atoms with Crippen LogP contribution < -0.4 is 0 Å². The highest BCUT2D eigenvalue weighted by Crippen LogP contribution is 2.38. The van der Waals surface area contributed by atoms with Crippen LogP contribution in [0.5, 0.6) is 0 Å². The molecule has 0 N–H and O–H groups in total. The van der Waals surface area contributed by atoms with Crippen molar-refractivity contribution in [3.8, 4) is 6.07 Å². The van der Waals surface area contributed by atoms with Gasteiger partial charge in [-0.2, -0.15) is 5.26 Å². The molecule has 5 nitrogen and oxygen atoms in total. The van der Waals surface area contributed by atoms with Crippen molar-refractivity contribution in [1.82, 2.24) is 0 Å². The van der Waals surface area contributed by atoms with Crippen LogP contribution >= 0.6 is 0 Å². The predicted molar refractivity (Wildman–Crippen MR) is 120 cm³/mol. The molecule has 5 heteroatoms. The average molecular weight is 434 g/mol. The molecule has 2 saturated carbocycles. The number of hydrogen-bond acceptors (Lipinski definition) is 5. The molecule has 3 aliphatic rings. The Labute approximate surface area is 189 Å². The van der Waals surface area contributed by atoms with Gasteiger partial charge < -0.3 is 14.2 Å². The fourth-order valence-corrected chi connectivity index (χ4v) is 5.58. The van der Waals surface area contributed by atoms with Crippen LogP contribution in [0.1, 0.15) is 104 Å². The monoisotopic (exact) mass is 433 g/mol. The Morgan fingerprint density at radius 1 is 0.903 bits per heavy atom. The molecule has 31 heavy (non-hydrogen) atoms. The van der Waals surface area contributed by atoms with Crippen molar-refractivity contribution >= 4 is 5.97 Å². The van der Waals surface area contributed by atoms with Crippen molar-refractivity contribution in [2.45, 2.75) is 116 Å². The van der Waals surface area contributed by atoms with Crippen molar-refractivity contribution < 1.29 is 19.0 Å². The van der Waals surface area contributed by atoms with E-state index in [1.54, 1.807) is 0 Å². The van der Waals surface area contributed by atoms with Crippen LogP contribution in [0.2, 0.25) is 0 Å². The Bertz CT molecular complexity index is 577. The third-order valence-corrected chi connectivity index (χ3v) is 7.87. The van der Waals surface area contributed by atoms with Crippen molar-refractivity contribution in [2.24, 2.45) is 23.2 Å². The first-order chi connectivity index (χ1) is 15.1. The van der Waals surface area contributed by atoms with E-state index in [0.29, 0.717) is 5.92 Å². The summed E-state index contributed by atoms with van der Waals surface area (Å²) in [5, 5.41) is 9.78. The number of nitrogens with zero attached hydrogens (tertiary/aromatic N) is 1. The summed E-state index contributed by atoms with van der Waals surface area (Å²) in [5.74, 6) is 1.53. The minimum absolute atomic E-state index is 0.0632. The zero-order valence-electron chi connectivity index (χ0n) is 19.8. The topological polar surface area (TPSA) is 68.6 Å². The molecule has 0 aromatic rings. The number of nitriles is 1. The maximum Gasteiger partial charge on any atom is 0.331 e. The molecule has 0 amide bonds. The SMILES string of the molecule is CCCCC1CCC(OC(=O)C2(C#N)COC(C3CCC(CCCC)CC3)OC2)CC1. The molecular weight excluding hydrogens is 390 g/mol. The van der Waals surface area contributed by atoms with Gasteiger partial charge in [0.25, 0.3) is 0 Å². The Morgan fingerprint density at radius 3 is 1.90 bits per heavy atom. The molecule has 176 valence electrons. The van der Waals surface area contributed by atoms with Gasteiger partial charge in [-0.25, -0.2) is 0 Å². The molecule has 0 unspecified atom stereocenters. The Kier molecular flexibility index (Phi) is 9.66. The Balaban J connectivity index is 1.42. The second kappa shape index (κ2) is 12.2. The third kappa shape index (κ3) is 6.68. The average Bonchev–Trinajstić information content (AvgIpc) is 2.82. The van der Waals surface area contributed by atoms with Crippen molar-refractivity contribution in [3.05, 3.63) is 0 Å². The highest BCUT2D eigenvalue weighted by Gasteiger charge is 2.48. The highest BCUT2D eigenvalue weighted by molar-refractivity contribution is 5.80. The first kappa shape index (κ1) is 24.5. The summed E-state index contributed by atoms with van der Waals surface area (Å²) < 4.78 is 17.7. The number of ether oxygens (including phenoxy) is 3. The molecule has 2 aliphatic carbocycles. The van der Waals surface area contributed by atoms with Crippen LogP contribution in [-0.2, 0) is 19.0 Å². The van der Waals surface area contributed by atoms with Crippen LogP contribution in [0.15, 0.2) is 0 Å². The van der Waals surface area contributed by atoms with E-state index in [-0.39, 0.29) is 25.6 Å². The van der Waals surface area contributed by atoms with E-state index in [9.17, 15) is 10.1 Å². The number of rotatable bonds is 9. The lowest BCUT2D eigenvalue weighted by Gasteiger charge is -2.40. The predicted octanol–water partition coefficient (Wildman–Crippen LogP) is 6.16. The normalized spacial score (nSPS) is 36.5. The number of carbonyl (C=O) groups is 1. The lowest BCUT2D eigenvalue weighted by molar-refractivity contribution is -0.247. The molecule has 0 radical (unpaired) electrons. The van der Waals surface area contributed by atoms with Crippen LogP contribution in [0, 0.1) is 34.5 Å². The van der Waals surface area contributed by atoms with E-state index in [1.165, 1.54) is 51.4 Å². The minimum Gasteiger partial charge on any atom is -0.461 e. The van der Waals surface area contributed by atoms with E-state index >= 15 is 0 Å². The largest absolute Gasteiger partial charge is 0.461 e. The summed E-state index contributed by atoms with van der Waals surface area (Å²) in [6, 6.07) is 2.17. The van der Waals surface area contributed by atoms with Crippen LogP contribution in [-0.4, -0.2) is 31.6 Å². The molecular formula is C26H43NO4. The highest BCUT2D eigenvalue weighted by atomic mass is 16.7. The maximum atomic E-state index is 12.9. The van der Waals surface area contributed by atoms with Crippen molar-refractivity contribution in [2.75, 3.05) is 13.2 Å². The Morgan fingerprint density at radius 2 is 1.42 bits per heavy atom. The standard InChI is InChI=1S/C26H43NO4/c1-3-5-7-20-9-13-22(14-10-20)24-29-18-26(17-27,19-30-24)25(28)31-23-15-11-21(12-16-23)8-6-4-2/h20-24H,3-16,18-19H2,1-2H3. The molecule has 0 atom stereocenters. The van der Waals surface area contributed by atoms with Gasteiger partial charge >= 0.3 is 5.97 Å². The Hall–Kier alpha value is -1.12.